The second-order valence-corrected chi connectivity index (χ2v) is 5.39. The molecule has 1 atom stereocenters. The van der Waals surface area contributed by atoms with Crippen LogP contribution in [0.2, 0.25) is 0 Å². The average molecular weight is 272 g/mol. The van der Waals surface area contributed by atoms with Crippen molar-refractivity contribution in [2.45, 2.75) is 19.3 Å². The first-order valence-electron chi connectivity index (χ1n) is 7.29. The van der Waals surface area contributed by atoms with Crippen LogP contribution >= 0.6 is 0 Å². The van der Waals surface area contributed by atoms with Crippen LogP contribution in [-0.4, -0.2) is 47.0 Å². The smallest absolute Gasteiger partial charge is 0.225 e. The zero-order valence-corrected chi connectivity index (χ0v) is 11.6. The van der Waals surface area contributed by atoms with Crippen LogP contribution < -0.4 is 4.90 Å². The van der Waals surface area contributed by atoms with Crippen LogP contribution in [0, 0.1) is 5.92 Å². The first-order chi connectivity index (χ1) is 9.83. The highest BCUT2D eigenvalue weighted by atomic mass is 16.2. The Kier molecular flexibility index (Phi) is 3.95. The molecule has 0 bridgehead atoms. The SMILES string of the molecule is O=C(C[C@@H]1C=CCC1)N1CCN(c2ncccn2)CC1. The fourth-order valence-electron chi connectivity index (χ4n) is 2.83. The maximum absolute atomic E-state index is 12.2. The van der Waals surface area contributed by atoms with Crippen molar-refractivity contribution in [3.63, 3.8) is 0 Å². The van der Waals surface area contributed by atoms with Crippen LogP contribution in [0.25, 0.3) is 0 Å². The first kappa shape index (κ1) is 13.1. The van der Waals surface area contributed by atoms with Gasteiger partial charge in [-0.15, -0.1) is 0 Å². The number of hydrogen-bond donors (Lipinski definition) is 0. The van der Waals surface area contributed by atoms with E-state index in [4.69, 9.17) is 0 Å². The molecule has 0 N–H and O–H groups in total. The van der Waals surface area contributed by atoms with E-state index in [1.165, 1.54) is 0 Å². The molecule has 1 aliphatic carbocycles. The van der Waals surface area contributed by atoms with Crippen LogP contribution in [0.3, 0.4) is 0 Å². The number of carbonyl (C=O) groups is 1. The molecule has 5 heteroatoms. The number of anilines is 1. The third-order valence-corrected chi connectivity index (χ3v) is 4.02. The van der Waals surface area contributed by atoms with Gasteiger partial charge in [-0.25, -0.2) is 9.97 Å². The van der Waals surface area contributed by atoms with Gasteiger partial charge in [0.15, 0.2) is 0 Å². The Morgan fingerprint density at radius 3 is 2.60 bits per heavy atom. The summed E-state index contributed by atoms with van der Waals surface area (Å²) in [5.41, 5.74) is 0. The molecule has 1 aromatic rings. The van der Waals surface area contributed by atoms with Gasteiger partial charge in [-0.1, -0.05) is 12.2 Å². The molecule has 1 aliphatic heterocycles. The number of carbonyl (C=O) groups excluding carboxylic acids is 1. The van der Waals surface area contributed by atoms with Gasteiger partial charge in [0.05, 0.1) is 0 Å². The molecule has 1 saturated heterocycles. The first-order valence-corrected chi connectivity index (χ1v) is 7.29. The third kappa shape index (κ3) is 2.98. The van der Waals surface area contributed by atoms with Crippen molar-refractivity contribution >= 4 is 11.9 Å². The zero-order valence-electron chi connectivity index (χ0n) is 11.6. The van der Waals surface area contributed by atoms with Gasteiger partial charge in [0.1, 0.15) is 0 Å². The van der Waals surface area contributed by atoms with Crippen molar-refractivity contribution < 1.29 is 4.79 Å². The molecule has 5 nitrogen and oxygen atoms in total. The monoisotopic (exact) mass is 272 g/mol. The second-order valence-electron chi connectivity index (χ2n) is 5.39. The summed E-state index contributed by atoms with van der Waals surface area (Å²) in [4.78, 5) is 24.9. The lowest BCUT2D eigenvalue weighted by Gasteiger charge is -2.35. The number of piperazine rings is 1. The van der Waals surface area contributed by atoms with Gasteiger partial charge >= 0.3 is 0 Å². The summed E-state index contributed by atoms with van der Waals surface area (Å²) in [6.45, 7) is 3.17. The van der Waals surface area contributed by atoms with E-state index in [2.05, 4.69) is 27.0 Å². The van der Waals surface area contributed by atoms with E-state index < -0.39 is 0 Å². The molecular formula is C15H20N4O. The normalized spacial score (nSPS) is 22.3. The molecule has 2 heterocycles. The predicted octanol–water partition coefficient (Wildman–Crippen LogP) is 1.48. The van der Waals surface area contributed by atoms with E-state index in [0.29, 0.717) is 12.3 Å². The average Bonchev–Trinajstić information content (AvgIpc) is 3.01. The Labute approximate surface area is 119 Å². The van der Waals surface area contributed by atoms with E-state index in [1.54, 1.807) is 12.4 Å². The number of allylic oxidation sites excluding steroid dienone is 2. The predicted molar refractivity (Wildman–Crippen MR) is 77.3 cm³/mol. The number of rotatable bonds is 3. The quantitative estimate of drug-likeness (QED) is 0.782. The van der Waals surface area contributed by atoms with Gasteiger partial charge in [-0.3, -0.25) is 4.79 Å². The summed E-state index contributed by atoms with van der Waals surface area (Å²) in [5.74, 6) is 1.51. The Hall–Kier alpha value is -1.91. The minimum Gasteiger partial charge on any atom is -0.339 e. The maximum atomic E-state index is 12.2. The summed E-state index contributed by atoms with van der Waals surface area (Å²) in [6, 6.07) is 1.82. The molecule has 2 aliphatic rings. The van der Waals surface area contributed by atoms with Gasteiger partial charge in [-0.05, 0) is 24.8 Å². The second kappa shape index (κ2) is 6.03. The fraction of sp³-hybridized carbons (Fsp3) is 0.533. The Bertz CT molecular complexity index is 480. The highest BCUT2D eigenvalue weighted by Gasteiger charge is 2.24. The molecule has 1 fully saturated rings. The number of nitrogens with zero attached hydrogens (tertiary/aromatic N) is 4. The highest BCUT2D eigenvalue weighted by molar-refractivity contribution is 5.77. The van der Waals surface area contributed by atoms with Crippen molar-refractivity contribution in [3.8, 4) is 0 Å². The molecule has 1 amide bonds. The van der Waals surface area contributed by atoms with Gasteiger partial charge < -0.3 is 9.80 Å². The van der Waals surface area contributed by atoms with Crippen LogP contribution in [0.15, 0.2) is 30.6 Å². The third-order valence-electron chi connectivity index (χ3n) is 4.02. The molecular weight excluding hydrogens is 252 g/mol. The van der Waals surface area contributed by atoms with E-state index in [1.807, 2.05) is 11.0 Å². The van der Waals surface area contributed by atoms with Crippen LogP contribution in [-0.2, 0) is 4.79 Å². The molecule has 1 aromatic heterocycles. The zero-order chi connectivity index (χ0) is 13.8. The van der Waals surface area contributed by atoms with Crippen LogP contribution in [0.4, 0.5) is 5.95 Å². The minimum atomic E-state index is 0.287. The van der Waals surface area contributed by atoms with E-state index in [-0.39, 0.29) is 5.91 Å². The molecule has 3 rings (SSSR count). The van der Waals surface area contributed by atoms with Crippen molar-refractivity contribution in [2.75, 3.05) is 31.1 Å². The Morgan fingerprint density at radius 2 is 1.95 bits per heavy atom. The lowest BCUT2D eigenvalue weighted by Crippen LogP contribution is -2.49. The molecule has 0 saturated carbocycles. The fourth-order valence-corrected chi connectivity index (χ4v) is 2.83. The minimum absolute atomic E-state index is 0.287. The van der Waals surface area contributed by atoms with Crippen LogP contribution in [0.5, 0.6) is 0 Å². The Balaban J connectivity index is 1.50. The number of hydrogen-bond acceptors (Lipinski definition) is 4. The van der Waals surface area contributed by atoms with Crippen molar-refractivity contribution in [2.24, 2.45) is 5.92 Å². The molecule has 0 spiro atoms. The van der Waals surface area contributed by atoms with E-state index in [9.17, 15) is 4.79 Å². The maximum Gasteiger partial charge on any atom is 0.225 e. The molecule has 0 aromatic carbocycles. The topological polar surface area (TPSA) is 49.3 Å². The molecule has 0 unspecified atom stereocenters. The summed E-state index contributed by atoms with van der Waals surface area (Å²) < 4.78 is 0. The van der Waals surface area contributed by atoms with Gasteiger partial charge in [0, 0.05) is 45.0 Å². The molecule has 106 valence electrons. The lowest BCUT2D eigenvalue weighted by molar-refractivity contribution is -0.132. The van der Waals surface area contributed by atoms with Gasteiger partial charge in [-0.2, -0.15) is 0 Å². The van der Waals surface area contributed by atoms with E-state index in [0.717, 1.165) is 45.0 Å². The van der Waals surface area contributed by atoms with Gasteiger partial charge in [0.2, 0.25) is 11.9 Å². The van der Waals surface area contributed by atoms with Crippen molar-refractivity contribution in [1.82, 2.24) is 14.9 Å². The van der Waals surface area contributed by atoms with E-state index >= 15 is 0 Å². The molecule has 20 heavy (non-hydrogen) atoms. The van der Waals surface area contributed by atoms with Gasteiger partial charge in [0.25, 0.3) is 0 Å². The summed E-state index contributed by atoms with van der Waals surface area (Å²) in [7, 11) is 0. The molecule has 0 radical (unpaired) electrons. The van der Waals surface area contributed by atoms with Crippen LogP contribution in [0.1, 0.15) is 19.3 Å². The Morgan fingerprint density at radius 1 is 1.20 bits per heavy atom. The van der Waals surface area contributed by atoms with Crippen molar-refractivity contribution in [3.05, 3.63) is 30.6 Å². The summed E-state index contributed by atoms with van der Waals surface area (Å²) in [6.07, 6.45) is 10.8. The number of aromatic nitrogens is 2. The summed E-state index contributed by atoms with van der Waals surface area (Å²) >= 11 is 0. The number of amides is 1. The largest absolute Gasteiger partial charge is 0.339 e. The summed E-state index contributed by atoms with van der Waals surface area (Å²) in [5, 5.41) is 0. The standard InChI is InChI=1S/C15H20N4O/c20-14(12-13-4-1-2-5-13)18-8-10-19(11-9-18)15-16-6-3-7-17-15/h1,3-4,6-7,13H,2,5,8-12H2/t13-/m1/s1. The highest BCUT2D eigenvalue weighted by Crippen LogP contribution is 2.21. The van der Waals surface area contributed by atoms with Crippen molar-refractivity contribution in [1.29, 1.82) is 0 Å². The lowest BCUT2D eigenvalue weighted by atomic mass is 10.0.